The van der Waals surface area contributed by atoms with Crippen LogP contribution in [0.3, 0.4) is 0 Å². The van der Waals surface area contributed by atoms with Crippen molar-refractivity contribution < 1.29 is 4.79 Å². The van der Waals surface area contributed by atoms with Gasteiger partial charge in [0, 0.05) is 30.9 Å². The lowest BCUT2D eigenvalue weighted by Crippen LogP contribution is -2.38. The molecule has 0 aliphatic carbocycles. The van der Waals surface area contributed by atoms with Crippen LogP contribution in [0.25, 0.3) is 10.7 Å². The fraction of sp³-hybridized carbons (Fsp3) is 0.429. The first kappa shape index (κ1) is 13.2. The minimum Gasteiger partial charge on any atom is -0.337 e. The number of hydrogen-bond acceptors (Lipinski definition) is 5. The second-order valence-electron chi connectivity index (χ2n) is 5.10. The molecule has 6 heteroatoms. The van der Waals surface area contributed by atoms with Crippen LogP contribution in [0.15, 0.2) is 24.0 Å². The number of rotatable bonds is 2. The maximum atomic E-state index is 12.4. The summed E-state index contributed by atoms with van der Waals surface area (Å²) in [6.45, 7) is 3.90. The molecule has 20 heavy (non-hydrogen) atoms. The highest BCUT2D eigenvalue weighted by molar-refractivity contribution is 7.13. The van der Waals surface area contributed by atoms with Gasteiger partial charge in [-0.1, -0.05) is 6.92 Å². The summed E-state index contributed by atoms with van der Waals surface area (Å²) in [6.07, 6.45) is 7.07. The average Bonchev–Trinajstić information content (AvgIpc) is 2.98. The van der Waals surface area contributed by atoms with Crippen molar-refractivity contribution in [1.82, 2.24) is 19.9 Å². The lowest BCUT2D eigenvalue weighted by molar-refractivity contribution is 0.0692. The standard InChI is InChI=1S/C14H16N4OS/c1-10-2-6-18(7-3-10)14(19)12-9-20-13(17-12)11-8-15-4-5-16-11/h4-5,8-10H,2-3,6-7H2,1H3. The zero-order chi connectivity index (χ0) is 13.9. The van der Waals surface area contributed by atoms with Crippen molar-refractivity contribution in [2.24, 2.45) is 5.92 Å². The second kappa shape index (κ2) is 5.66. The molecule has 0 unspecified atom stereocenters. The van der Waals surface area contributed by atoms with Gasteiger partial charge in [0.05, 0.1) is 6.20 Å². The summed E-state index contributed by atoms with van der Waals surface area (Å²) in [5.74, 6) is 0.743. The van der Waals surface area contributed by atoms with Gasteiger partial charge < -0.3 is 4.90 Å². The number of piperidine rings is 1. The van der Waals surface area contributed by atoms with E-state index in [2.05, 4.69) is 21.9 Å². The van der Waals surface area contributed by atoms with E-state index in [0.717, 1.165) is 30.9 Å². The Morgan fingerprint density at radius 1 is 1.35 bits per heavy atom. The smallest absolute Gasteiger partial charge is 0.273 e. The second-order valence-corrected chi connectivity index (χ2v) is 5.96. The van der Waals surface area contributed by atoms with E-state index in [1.807, 2.05) is 10.3 Å². The molecule has 3 heterocycles. The first-order valence-electron chi connectivity index (χ1n) is 6.75. The van der Waals surface area contributed by atoms with Crippen LogP contribution in [0, 0.1) is 5.92 Å². The van der Waals surface area contributed by atoms with E-state index in [9.17, 15) is 4.79 Å². The van der Waals surface area contributed by atoms with E-state index < -0.39 is 0 Å². The van der Waals surface area contributed by atoms with Gasteiger partial charge in [0.25, 0.3) is 5.91 Å². The molecule has 0 atom stereocenters. The van der Waals surface area contributed by atoms with Gasteiger partial charge in [-0.2, -0.15) is 0 Å². The van der Waals surface area contributed by atoms with E-state index in [0.29, 0.717) is 17.3 Å². The lowest BCUT2D eigenvalue weighted by Gasteiger charge is -2.29. The SMILES string of the molecule is CC1CCN(C(=O)c2csc(-c3cnccn3)n2)CC1. The Morgan fingerprint density at radius 2 is 2.15 bits per heavy atom. The summed E-state index contributed by atoms with van der Waals surface area (Å²) in [4.78, 5) is 26.9. The summed E-state index contributed by atoms with van der Waals surface area (Å²) < 4.78 is 0. The fourth-order valence-corrected chi connectivity index (χ4v) is 3.03. The molecule has 0 N–H and O–H groups in total. The molecule has 1 aliphatic heterocycles. The van der Waals surface area contributed by atoms with Crippen LogP contribution in [0.2, 0.25) is 0 Å². The number of carbonyl (C=O) groups excluding carboxylic acids is 1. The van der Waals surface area contributed by atoms with Crippen molar-refractivity contribution in [2.45, 2.75) is 19.8 Å². The van der Waals surface area contributed by atoms with Gasteiger partial charge >= 0.3 is 0 Å². The third kappa shape index (κ3) is 2.70. The number of hydrogen-bond donors (Lipinski definition) is 0. The Kier molecular flexibility index (Phi) is 3.73. The molecule has 0 aromatic carbocycles. The van der Waals surface area contributed by atoms with Crippen LogP contribution < -0.4 is 0 Å². The summed E-state index contributed by atoms with van der Waals surface area (Å²) >= 11 is 1.43. The van der Waals surface area contributed by atoms with Crippen LogP contribution in [0.1, 0.15) is 30.3 Å². The van der Waals surface area contributed by atoms with Crippen LogP contribution in [-0.4, -0.2) is 38.8 Å². The Bertz CT molecular complexity index is 590. The quantitative estimate of drug-likeness (QED) is 0.851. The summed E-state index contributed by atoms with van der Waals surface area (Å²) in [6, 6.07) is 0. The van der Waals surface area contributed by atoms with Crippen LogP contribution in [0.4, 0.5) is 0 Å². The van der Waals surface area contributed by atoms with Crippen molar-refractivity contribution in [1.29, 1.82) is 0 Å². The lowest BCUT2D eigenvalue weighted by atomic mass is 9.99. The predicted octanol–water partition coefficient (Wildman–Crippen LogP) is 2.47. The van der Waals surface area contributed by atoms with Crippen LogP contribution in [0.5, 0.6) is 0 Å². The molecule has 2 aromatic rings. The van der Waals surface area contributed by atoms with Gasteiger partial charge in [-0.3, -0.25) is 14.8 Å². The maximum absolute atomic E-state index is 12.4. The highest BCUT2D eigenvalue weighted by atomic mass is 32.1. The topological polar surface area (TPSA) is 59.0 Å². The number of thiazole rings is 1. The highest BCUT2D eigenvalue weighted by Crippen LogP contribution is 2.23. The Hall–Kier alpha value is -1.82. The Labute approximate surface area is 121 Å². The van der Waals surface area contributed by atoms with E-state index >= 15 is 0 Å². The summed E-state index contributed by atoms with van der Waals surface area (Å²) in [5, 5.41) is 2.55. The normalized spacial score (nSPS) is 16.4. The van der Waals surface area contributed by atoms with E-state index in [1.54, 1.807) is 18.6 Å². The Balaban J connectivity index is 1.75. The van der Waals surface area contributed by atoms with Crippen molar-refractivity contribution in [3.05, 3.63) is 29.7 Å². The molecule has 0 saturated carbocycles. The minimum absolute atomic E-state index is 0.0308. The van der Waals surface area contributed by atoms with Gasteiger partial charge in [0.15, 0.2) is 0 Å². The van der Waals surface area contributed by atoms with Gasteiger partial charge in [-0.05, 0) is 18.8 Å². The molecular weight excluding hydrogens is 272 g/mol. The Morgan fingerprint density at radius 3 is 2.85 bits per heavy atom. The fourth-order valence-electron chi connectivity index (χ4n) is 2.27. The third-order valence-electron chi connectivity index (χ3n) is 3.58. The monoisotopic (exact) mass is 288 g/mol. The molecule has 5 nitrogen and oxygen atoms in total. The van der Waals surface area contributed by atoms with Gasteiger partial charge in [0.2, 0.25) is 0 Å². The highest BCUT2D eigenvalue weighted by Gasteiger charge is 2.23. The number of carbonyl (C=O) groups is 1. The van der Waals surface area contributed by atoms with Gasteiger partial charge in [-0.25, -0.2) is 4.98 Å². The molecular formula is C14H16N4OS. The first-order valence-corrected chi connectivity index (χ1v) is 7.63. The molecule has 1 saturated heterocycles. The maximum Gasteiger partial charge on any atom is 0.273 e. The number of nitrogens with zero attached hydrogens (tertiary/aromatic N) is 4. The van der Waals surface area contributed by atoms with E-state index in [1.165, 1.54) is 11.3 Å². The summed E-state index contributed by atoms with van der Waals surface area (Å²) in [5.41, 5.74) is 1.23. The molecule has 1 fully saturated rings. The largest absolute Gasteiger partial charge is 0.337 e. The number of aromatic nitrogens is 3. The predicted molar refractivity (Wildman–Crippen MR) is 77.4 cm³/mol. The number of amides is 1. The molecule has 0 spiro atoms. The molecule has 1 amide bonds. The van der Waals surface area contributed by atoms with Crippen LogP contribution in [-0.2, 0) is 0 Å². The van der Waals surface area contributed by atoms with Gasteiger partial charge in [-0.15, -0.1) is 11.3 Å². The van der Waals surface area contributed by atoms with E-state index in [4.69, 9.17) is 0 Å². The van der Waals surface area contributed by atoms with Crippen molar-refractivity contribution in [2.75, 3.05) is 13.1 Å². The van der Waals surface area contributed by atoms with Crippen molar-refractivity contribution in [3.63, 3.8) is 0 Å². The number of likely N-dealkylation sites (tertiary alicyclic amines) is 1. The van der Waals surface area contributed by atoms with Crippen LogP contribution >= 0.6 is 11.3 Å². The van der Waals surface area contributed by atoms with Crippen molar-refractivity contribution >= 4 is 17.2 Å². The first-order chi connectivity index (χ1) is 9.74. The third-order valence-corrected chi connectivity index (χ3v) is 4.44. The minimum atomic E-state index is 0.0308. The molecule has 3 rings (SSSR count). The van der Waals surface area contributed by atoms with E-state index in [-0.39, 0.29) is 5.91 Å². The zero-order valence-corrected chi connectivity index (χ0v) is 12.1. The molecule has 104 valence electrons. The van der Waals surface area contributed by atoms with Crippen molar-refractivity contribution in [3.8, 4) is 10.7 Å². The molecule has 2 aromatic heterocycles. The molecule has 0 radical (unpaired) electrons. The molecule has 1 aliphatic rings. The molecule has 0 bridgehead atoms. The average molecular weight is 288 g/mol. The summed E-state index contributed by atoms with van der Waals surface area (Å²) in [7, 11) is 0. The zero-order valence-electron chi connectivity index (χ0n) is 11.3. The van der Waals surface area contributed by atoms with Gasteiger partial charge in [0.1, 0.15) is 16.4 Å².